The van der Waals surface area contributed by atoms with Gasteiger partial charge in [0.2, 0.25) is 17.7 Å². The molecule has 0 spiro atoms. The fourth-order valence-corrected chi connectivity index (χ4v) is 8.18. The molecule has 4 aromatic rings. The first-order valence-electron chi connectivity index (χ1n) is 12.1. The van der Waals surface area contributed by atoms with Crippen LogP contribution in [0.1, 0.15) is 16.4 Å². The summed E-state index contributed by atoms with van der Waals surface area (Å²) in [6.07, 6.45) is 0. The van der Waals surface area contributed by atoms with Gasteiger partial charge in [-0.3, -0.25) is 23.7 Å². The molecule has 0 unspecified atom stereocenters. The lowest BCUT2D eigenvalue weighted by Crippen LogP contribution is -2.33. The molecule has 1 saturated heterocycles. The monoisotopic (exact) mass is 655 g/mol. The Hall–Kier alpha value is -3.38. The van der Waals surface area contributed by atoms with Gasteiger partial charge < -0.3 is 10.4 Å². The number of amides is 3. The number of hydrogen-bond donors (Lipinski definition) is 2. The average Bonchev–Trinajstić information content (AvgIpc) is 3.37. The summed E-state index contributed by atoms with van der Waals surface area (Å²) in [5.74, 6) is -2.49. The highest BCUT2D eigenvalue weighted by molar-refractivity contribution is 9.10. The minimum Gasteiger partial charge on any atom is -0.508 e. The third-order valence-electron chi connectivity index (χ3n) is 6.82. The second-order valence-electron chi connectivity index (χ2n) is 9.30. The van der Waals surface area contributed by atoms with Crippen LogP contribution in [-0.4, -0.2) is 32.6 Å². The number of carbonyl (C=O) groups is 3. The number of phenols is 1. The van der Waals surface area contributed by atoms with Crippen molar-refractivity contribution in [3.8, 4) is 5.75 Å². The fraction of sp³-hybridized carbons (Fsp3) is 0.143. The first kappa shape index (κ1) is 26.8. The second-order valence-corrected chi connectivity index (χ2v) is 12.8. The molecule has 8 nitrogen and oxygen atoms in total. The number of aromatic nitrogens is 1. The van der Waals surface area contributed by atoms with Gasteiger partial charge in [-0.05, 0) is 66.2 Å². The van der Waals surface area contributed by atoms with Crippen molar-refractivity contribution in [2.45, 2.75) is 22.7 Å². The predicted octanol–water partition coefficient (Wildman–Crippen LogP) is 5.47. The van der Waals surface area contributed by atoms with E-state index in [-0.39, 0.29) is 29.0 Å². The van der Waals surface area contributed by atoms with Crippen LogP contribution in [0.4, 0.5) is 11.4 Å². The van der Waals surface area contributed by atoms with Gasteiger partial charge >= 0.3 is 4.87 Å². The number of anilines is 2. The van der Waals surface area contributed by atoms with E-state index in [9.17, 15) is 24.3 Å². The van der Waals surface area contributed by atoms with E-state index in [1.165, 1.54) is 21.6 Å². The highest BCUT2D eigenvalue weighted by atomic mass is 79.9. The van der Waals surface area contributed by atoms with Crippen LogP contribution in [0.25, 0.3) is 0 Å². The van der Waals surface area contributed by atoms with E-state index >= 15 is 0 Å². The van der Waals surface area contributed by atoms with Crippen molar-refractivity contribution in [2.75, 3.05) is 10.2 Å². The van der Waals surface area contributed by atoms with Crippen LogP contribution in [0.2, 0.25) is 5.02 Å². The highest BCUT2D eigenvalue weighted by Gasteiger charge is 2.56. The summed E-state index contributed by atoms with van der Waals surface area (Å²) in [4.78, 5) is 55.2. The number of phenolic OH excluding ortho intramolecular Hbond substituents is 1. The molecular formula is C28H19BrClN3O5S2. The van der Waals surface area contributed by atoms with Crippen LogP contribution in [0.5, 0.6) is 5.75 Å². The molecule has 40 heavy (non-hydrogen) atoms. The smallest absolute Gasteiger partial charge is 0.308 e. The number of thioether (sulfide) groups is 1. The summed E-state index contributed by atoms with van der Waals surface area (Å²) in [5, 5.41) is 12.9. The van der Waals surface area contributed by atoms with Crippen molar-refractivity contribution >= 4 is 79.7 Å². The number of nitrogens with zero attached hydrogens (tertiary/aromatic N) is 2. The molecule has 2 N–H and O–H groups in total. The lowest BCUT2D eigenvalue weighted by Gasteiger charge is -2.30. The number of imide groups is 1. The first-order valence-corrected chi connectivity index (χ1v) is 15.0. The third kappa shape index (κ3) is 4.77. The Balaban J connectivity index is 1.40. The molecule has 1 fully saturated rings. The van der Waals surface area contributed by atoms with Crippen molar-refractivity contribution in [1.82, 2.24) is 4.57 Å². The van der Waals surface area contributed by atoms with E-state index in [0.717, 1.165) is 27.6 Å². The van der Waals surface area contributed by atoms with Crippen molar-refractivity contribution in [2.24, 2.45) is 5.92 Å². The number of nitrogens with one attached hydrogen (secondary N) is 1. The number of aromatic hydroxyl groups is 1. The van der Waals surface area contributed by atoms with Gasteiger partial charge in [0.05, 0.1) is 16.6 Å². The molecular weight excluding hydrogens is 638 g/mol. The summed E-state index contributed by atoms with van der Waals surface area (Å²) in [6.45, 7) is -0.265. The van der Waals surface area contributed by atoms with Crippen LogP contribution in [-0.2, 0) is 20.9 Å². The van der Waals surface area contributed by atoms with Crippen LogP contribution in [0.15, 0.2) is 87.1 Å². The van der Waals surface area contributed by atoms with Crippen molar-refractivity contribution in [3.05, 3.63) is 102 Å². The zero-order valence-corrected chi connectivity index (χ0v) is 24.4. The number of benzene rings is 3. The largest absolute Gasteiger partial charge is 0.508 e. The summed E-state index contributed by atoms with van der Waals surface area (Å²) in [5.41, 5.74) is 1.68. The minimum atomic E-state index is -0.804. The van der Waals surface area contributed by atoms with E-state index in [0.29, 0.717) is 31.9 Å². The number of hydrogen-bond acceptors (Lipinski definition) is 7. The average molecular weight is 657 g/mol. The Labute approximate surface area is 249 Å². The molecule has 6 rings (SSSR count). The molecule has 2 aliphatic heterocycles. The molecule has 0 radical (unpaired) electrons. The van der Waals surface area contributed by atoms with Crippen molar-refractivity contribution in [3.63, 3.8) is 0 Å². The van der Waals surface area contributed by atoms with Gasteiger partial charge in [-0.15, -0.1) is 0 Å². The molecule has 0 bridgehead atoms. The molecule has 12 heteroatoms. The molecule has 1 aromatic heterocycles. The van der Waals surface area contributed by atoms with Crippen LogP contribution in [0.3, 0.4) is 0 Å². The SMILES string of the molecule is O=C(Cn1c2c(sc1=O)[C@@H](c1ccc(O)cc1)[C@H]1C(=O)N(c3ccc(Br)cc3)C(=O)[C@H]1S2)Nc1ccc(Cl)cc1. The molecule has 0 saturated carbocycles. The van der Waals surface area contributed by atoms with Gasteiger partial charge in [0.15, 0.2) is 0 Å². The Morgan fingerprint density at radius 2 is 1.62 bits per heavy atom. The third-order valence-corrected chi connectivity index (χ3v) is 10.2. The second kappa shape index (κ2) is 10.5. The van der Waals surface area contributed by atoms with Crippen LogP contribution >= 0.6 is 50.6 Å². The Bertz CT molecular complexity index is 1700. The van der Waals surface area contributed by atoms with E-state index in [2.05, 4.69) is 21.2 Å². The summed E-state index contributed by atoms with van der Waals surface area (Å²) >= 11 is 11.4. The van der Waals surface area contributed by atoms with Gasteiger partial charge in [-0.25, -0.2) is 4.90 Å². The van der Waals surface area contributed by atoms with Gasteiger partial charge in [0, 0.05) is 26.0 Å². The Morgan fingerprint density at radius 1 is 0.950 bits per heavy atom. The molecule has 3 amide bonds. The zero-order valence-electron chi connectivity index (χ0n) is 20.4. The molecule has 0 aliphatic carbocycles. The minimum absolute atomic E-state index is 0.0562. The van der Waals surface area contributed by atoms with E-state index < -0.39 is 23.0 Å². The van der Waals surface area contributed by atoms with Gasteiger partial charge in [0.1, 0.15) is 17.5 Å². The van der Waals surface area contributed by atoms with Crippen LogP contribution in [0, 0.1) is 5.92 Å². The molecule has 202 valence electrons. The van der Waals surface area contributed by atoms with Gasteiger partial charge in [0.25, 0.3) is 0 Å². The lowest BCUT2D eigenvalue weighted by molar-refractivity contribution is -0.122. The number of thiazole rings is 1. The predicted molar refractivity (Wildman–Crippen MR) is 158 cm³/mol. The maximum atomic E-state index is 13.9. The number of fused-ring (bicyclic) bond motifs is 2. The highest BCUT2D eigenvalue weighted by Crippen LogP contribution is 2.54. The van der Waals surface area contributed by atoms with E-state index in [4.69, 9.17) is 11.6 Å². The number of rotatable bonds is 5. The summed E-state index contributed by atoms with van der Waals surface area (Å²) < 4.78 is 2.17. The van der Waals surface area contributed by atoms with Crippen molar-refractivity contribution < 1.29 is 19.5 Å². The van der Waals surface area contributed by atoms with E-state index in [1.54, 1.807) is 60.7 Å². The first-order chi connectivity index (χ1) is 19.2. The zero-order chi connectivity index (χ0) is 28.1. The van der Waals surface area contributed by atoms with Gasteiger partial charge in [-0.2, -0.15) is 0 Å². The van der Waals surface area contributed by atoms with Gasteiger partial charge in [-0.1, -0.05) is 62.8 Å². The molecule has 2 aliphatic rings. The van der Waals surface area contributed by atoms with Crippen LogP contribution < -0.4 is 15.1 Å². The Kier molecular flexibility index (Phi) is 7.07. The number of carbonyl (C=O) groups excluding carboxylic acids is 3. The number of halogens is 2. The molecule has 3 aromatic carbocycles. The topological polar surface area (TPSA) is 109 Å². The standard InChI is InChI=1S/C28H19BrClN3O5S2/c29-15-3-9-18(10-4-15)33-25(36)22-21(14-1-11-19(34)12-2-14)24-27(39-23(22)26(33)37)32(28(38)40-24)13-20(35)31-17-7-5-16(30)6-8-17/h1-12,21-23,34H,13H2,(H,31,35)/t21-,22+,23-/m0/s1. The molecule has 3 heterocycles. The van der Waals surface area contributed by atoms with E-state index in [1.807, 2.05) is 0 Å². The summed E-state index contributed by atoms with van der Waals surface area (Å²) in [7, 11) is 0. The van der Waals surface area contributed by atoms with Crippen molar-refractivity contribution in [1.29, 1.82) is 0 Å². The quantitative estimate of drug-likeness (QED) is 0.276. The fourth-order valence-electron chi connectivity index (χ4n) is 5.02. The molecule has 3 atom stereocenters. The maximum absolute atomic E-state index is 13.9. The normalized spacial score (nSPS) is 19.9. The summed E-state index contributed by atoms with van der Waals surface area (Å²) in [6, 6.07) is 19.9. The maximum Gasteiger partial charge on any atom is 0.308 e. The lowest BCUT2D eigenvalue weighted by atomic mass is 9.83. The Morgan fingerprint density at radius 3 is 2.30 bits per heavy atom.